The molecule has 0 spiro atoms. The number of nitrogens with one attached hydrogen (secondary N) is 3. The molecule has 0 saturated heterocycles. The Morgan fingerprint density at radius 1 is 1.28 bits per heavy atom. The van der Waals surface area contributed by atoms with E-state index in [2.05, 4.69) is 20.0 Å². The molecule has 3 aromatic rings. The first-order valence-electron chi connectivity index (χ1n) is 10.1. The van der Waals surface area contributed by atoms with E-state index in [-0.39, 0.29) is 23.1 Å². The molecule has 0 fully saturated rings. The molecule has 8 nitrogen and oxygen atoms in total. The summed E-state index contributed by atoms with van der Waals surface area (Å²) in [6.45, 7) is 1.39. The van der Waals surface area contributed by atoms with Crippen molar-refractivity contribution in [3.05, 3.63) is 82.6 Å². The lowest BCUT2D eigenvalue weighted by molar-refractivity contribution is 0.188. The molecule has 0 bridgehead atoms. The fraction of sp³-hybridized carbons (Fsp3) is 0.273. The molecular formula is C22H23FN4O4S. The number of fused-ring (bicyclic) bond motifs is 1. The van der Waals surface area contributed by atoms with Crippen molar-refractivity contribution in [2.45, 2.75) is 43.3 Å². The average molecular weight is 459 g/mol. The molecule has 1 aromatic heterocycles. The summed E-state index contributed by atoms with van der Waals surface area (Å²) in [6, 6.07) is 12.3. The van der Waals surface area contributed by atoms with Crippen molar-refractivity contribution in [1.82, 2.24) is 20.0 Å². The molecule has 4 N–H and O–H groups in total. The number of imidazole rings is 1. The highest BCUT2D eigenvalue weighted by Gasteiger charge is 2.34. The van der Waals surface area contributed by atoms with Gasteiger partial charge in [-0.3, -0.25) is 0 Å². The van der Waals surface area contributed by atoms with Crippen LogP contribution in [0.5, 0.6) is 0 Å². The smallest absolute Gasteiger partial charge is 0.404 e. The molecule has 10 heteroatoms. The van der Waals surface area contributed by atoms with Crippen LogP contribution in [0.2, 0.25) is 0 Å². The molecule has 168 valence electrons. The molecule has 2 atom stereocenters. The zero-order valence-electron chi connectivity index (χ0n) is 17.3. The molecule has 1 heterocycles. The summed E-state index contributed by atoms with van der Waals surface area (Å²) in [5.74, 6) is -0.286. The van der Waals surface area contributed by atoms with E-state index in [1.165, 1.54) is 12.3 Å². The Morgan fingerprint density at radius 3 is 2.69 bits per heavy atom. The van der Waals surface area contributed by atoms with Crippen LogP contribution in [-0.2, 0) is 29.4 Å². The van der Waals surface area contributed by atoms with Gasteiger partial charge in [0.2, 0.25) is 0 Å². The third-order valence-electron chi connectivity index (χ3n) is 5.66. The Bertz CT molecular complexity index is 1240. The Morgan fingerprint density at radius 2 is 2.03 bits per heavy atom. The summed E-state index contributed by atoms with van der Waals surface area (Å²) >= 11 is 0. The minimum atomic E-state index is -3.88. The summed E-state index contributed by atoms with van der Waals surface area (Å²) < 4.78 is 42.1. The highest BCUT2D eigenvalue weighted by molar-refractivity contribution is 7.89. The van der Waals surface area contributed by atoms with Crippen molar-refractivity contribution in [1.29, 1.82) is 0 Å². The molecule has 0 radical (unpaired) electrons. The van der Waals surface area contributed by atoms with Crippen LogP contribution < -0.4 is 10.0 Å². The van der Waals surface area contributed by atoms with Gasteiger partial charge in [0.05, 0.1) is 6.20 Å². The van der Waals surface area contributed by atoms with Crippen LogP contribution in [0.3, 0.4) is 0 Å². The number of halogens is 1. The van der Waals surface area contributed by atoms with E-state index in [0.717, 1.165) is 16.7 Å². The topological polar surface area (TPSA) is 124 Å². The number of aromatic amines is 1. The van der Waals surface area contributed by atoms with Gasteiger partial charge in [0.1, 0.15) is 11.6 Å². The average Bonchev–Trinajstić information content (AvgIpc) is 3.31. The lowest BCUT2D eigenvalue weighted by Gasteiger charge is -2.21. The molecule has 4 rings (SSSR count). The number of amides is 1. The highest BCUT2D eigenvalue weighted by atomic mass is 32.2. The lowest BCUT2D eigenvalue weighted by atomic mass is 9.90. The zero-order valence-corrected chi connectivity index (χ0v) is 18.1. The molecular weight excluding hydrogens is 435 g/mol. The molecule has 2 unspecified atom stereocenters. The van der Waals surface area contributed by atoms with Crippen molar-refractivity contribution in [2.75, 3.05) is 0 Å². The third kappa shape index (κ3) is 4.66. The Labute approximate surface area is 185 Å². The van der Waals surface area contributed by atoms with Crippen molar-refractivity contribution in [3.63, 3.8) is 0 Å². The van der Waals surface area contributed by atoms with Gasteiger partial charge in [0, 0.05) is 24.1 Å². The summed E-state index contributed by atoms with van der Waals surface area (Å²) in [5.41, 5.74) is 2.76. The van der Waals surface area contributed by atoms with E-state index in [4.69, 9.17) is 0 Å². The number of aryl methyl sites for hydroxylation is 1. The molecule has 1 aliphatic carbocycles. The van der Waals surface area contributed by atoms with Crippen molar-refractivity contribution in [2.24, 2.45) is 0 Å². The number of carboxylic acid groups (broad SMARTS) is 1. The second-order valence-electron chi connectivity index (χ2n) is 7.86. The van der Waals surface area contributed by atoms with E-state index in [9.17, 15) is 22.7 Å². The maximum Gasteiger partial charge on any atom is 0.404 e. The molecule has 2 aromatic carbocycles. The first-order valence-corrected chi connectivity index (χ1v) is 11.6. The number of hydrogen-bond donors (Lipinski definition) is 4. The van der Waals surface area contributed by atoms with E-state index >= 15 is 0 Å². The molecule has 1 amide bonds. The normalized spacial score (nSPS) is 17.8. The fourth-order valence-corrected chi connectivity index (χ4v) is 5.12. The fourth-order valence-electron chi connectivity index (χ4n) is 4.15. The number of benzene rings is 2. The van der Waals surface area contributed by atoms with E-state index in [1.54, 1.807) is 13.0 Å². The van der Waals surface area contributed by atoms with Crippen LogP contribution in [0.4, 0.5) is 9.18 Å². The van der Waals surface area contributed by atoms with Gasteiger partial charge in [-0.15, -0.1) is 0 Å². The van der Waals surface area contributed by atoms with Gasteiger partial charge in [-0.25, -0.2) is 27.3 Å². The Kier molecular flexibility index (Phi) is 5.98. The van der Waals surface area contributed by atoms with Gasteiger partial charge >= 0.3 is 6.09 Å². The minimum Gasteiger partial charge on any atom is -0.465 e. The third-order valence-corrected chi connectivity index (χ3v) is 6.97. The monoisotopic (exact) mass is 458 g/mol. The number of H-pyrrole nitrogens is 1. The predicted octanol–water partition coefficient (Wildman–Crippen LogP) is 2.85. The van der Waals surface area contributed by atoms with Gasteiger partial charge in [0.25, 0.3) is 10.0 Å². The van der Waals surface area contributed by atoms with Gasteiger partial charge in [-0.1, -0.05) is 36.4 Å². The number of rotatable bonds is 7. The Balaban J connectivity index is 1.61. The number of aromatic nitrogens is 2. The quantitative estimate of drug-likeness (QED) is 0.433. The maximum absolute atomic E-state index is 14.8. The van der Waals surface area contributed by atoms with Crippen LogP contribution in [0, 0.1) is 12.7 Å². The molecule has 32 heavy (non-hydrogen) atoms. The largest absolute Gasteiger partial charge is 0.465 e. The summed E-state index contributed by atoms with van der Waals surface area (Å²) in [4.78, 5) is 17.8. The first-order chi connectivity index (χ1) is 15.2. The van der Waals surface area contributed by atoms with Crippen molar-refractivity contribution in [3.8, 4) is 0 Å². The predicted molar refractivity (Wildman–Crippen MR) is 115 cm³/mol. The zero-order chi connectivity index (χ0) is 22.9. The second kappa shape index (κ2) is 8.71. The summed E-state index contributed by atoms with van der Waals surface area (Å²) in [6.07, 6.45) is 1.01. The number of hydrogen-bond acceptors (Lipinski definition) is 4. The van der Waals surface area contributed by atoms with Crippen LogP contribution in [-0.4, -0.2) is 35.6 Å². The standard InChI is InChI=1S/C22H23FN4O4S/c1-13-24-12-21(26-13)32(30,31)25-11-16-8-17-15(9-19(16)23)10-20(27-22(28)29)18(17)7-14-5-3-2-4-6-14/h2-6,8-9,12,18,20,25,27H,7,10-11H2,1H3,(H,24,26)(H,28,29). The van der Waals surface area contributed by atoms with Crippen LogP contribution in [0.15, 0.2) is 53.7 Å². The molecule has 0 aliphatic heterocycles. The van der Waals surface area contributed by atoms with E-state index < -0.39 is 28.0 Å². The Hall–Kier alpha value is -3.24. The highest BCUT2D eigenvalue weighted by Crippen LogP contribution is 2.37. The minimum absolute atomic E-state index is 0.0933. The number of carbonyl (C=O) groups is 1. The summed E-state index contributed by atoms with van der Waals surface area (Å²) in [7, 11) is -3.88. The van der Waals surface area contributed by atoms with Gasteiger partial charge < -0.3 is 15.4 Å². The van der Waals surface area contributed by atoms with Crippen molar-refractivity contribution >= 4 is 16.1 Å². The number of nitrogens with zero attached hydrogens (tertiary/aromatic N) is 1. The van der Waals surface area contributed by atoms with Crippen LogP contribution in [0.25, 0.3) is 0 Å². The van der Waals surface area contributed by atoms with Crippen LogP contribution in [0.1, 0.15) is 34.0 Å². The number of sulfonamides is 1. The van der Waals surface area contributed by atoms with E-state index in [1.807, 2.05) is 30.3 Å². The first kappa shape index (κ1) is 22.0. The maximum atomic E-state index is 14.8. The summed E-state index contributed by atoms with van der Waals surface area (Å²) in [5, 5.41) is 11.7. The van der Waals surface area contributed by atoms with E-state index in [0.29, 0.717) is 18.7 Å². The molecule has 0 saturated carbocycles. The SMILES string of the molecule is Cc1ncc(S(=O)(=O)NCc2cc3c(cc2F)CC(NC(=O)O)C3Cc2ccccc2)[nH]1. The second-order valence-corrected chi connectivity index (χ2v) is 9.59. The van der Waals surface area contributed by atoms with Gasteiger partial charge in [-0.05, 0) is 42.5 Å². The lowest BCUT2D eigenvalue weighted by Crippen LogP contribution is -2.37. The van der Waals surface area contributed by atoms with Crippen LogP contribution >= 0.6 is 0 Å². The van der Waals surface area contributed by atoms with Gasteiger partial charge in [0.15, 0.2) is 5.03 Å². The van der Waals surface area contributed by atoms with Crippen molar-refractivity contribution < 1.29 is 22.7 Å². The van der Waals surface area contributed by atoms with Gasteiger partial charge in [-0.2, -0.15) is 0 Å². The molecule has 1 aliphatic rings.